The lowest BCUT2D eigenvalue weighted by Crippen LogP contribution is -2.41. The van der Waals surface area contributed by atoms with E-state index in [1.165, 1.54) is 0 Å². The van der Waals surface area contributed by atoms with Crippen LogP contribution in [-0.2, 0) is 9.31 Å². The molecular formula is C58H40BBr3N6O2. The van der Waals surface area contributed by atoms with E-state index in [9.17, 15) is 5.26 Å². The van der Waals surface area contributed by atoms with Crippen LogP contribution in [-0.4, -0.2) is 27.5 Å². The van der Waals surface area contributed by atoms with Crippen molar-refractivity contribution >= 4 is 115 Å². The maximum Gasteiger partial charge on any atom is 0.495 e. The molecule has 12 heteroatoms. The van der Waals surface area contributed by atoms with Crippen LogP contribution in [0.25, 0.3) is 75.8 Å². The summed E-state index contributed by atoms with van der Waals surface area (Å²) in [6, 6.07) is 60.0. The van der Waals surface area contributed by atoms with Crippen molar-refractivity contribution in [3.8, 4) is 34.6 Å². The summed E-state index contributed by atoms with van der Waals surface area (Å²) >= 11 is 10.1. The SMILES string of the molecule is N#Cc1cc(Br)cc(Br)c1.[C-]#[N+]c1cccc(-c2cc(Br)cc(C#N)c2)c1-n1c2ccccc2c2ccccc21.[C-]#[N+]c1cccc(B2OC(C)(C)C(C)(C)O2)c1-n1c2ccccc2c2ccccc21. The fraction of sp³-hybridized carbons (Fsp3) is 0.103. The molecule has 1 saturated heterocycles. The van der Waals surface area contributed by atoms with Gasteiger partial charge >= 0.3 is 7.12 Å². The van der Waals surface area contributed by atoms with Gasteiger partial charge in [-0.15, -0.1) is 0 Å². The van der Waals surface area contributed by atoms with Crippen LogP contribution < -0.4 is 5.46 Å². The number of hydrogen-bond acceptors (Lipinski definition) is 4. The van der Waals surface area contributed by atoms with Crippen LogP contribution in [0.5, 0.6) is 0 Å². The molecule has 0 N–H and O–H groups in total. The number of benzene rings is 8. The van der Waals surface area contributed by atoms with Crippen LogP contribution in [0.15, 0.2) is 183 Å². The third-order valence-corrected chi connectivity index (χ3v) is 14.1. The summed E-state index contributed by atoms with van der Waals surface area (Å²) in [5, 5.41) is 22.5. The quantitative estimate of drug-likeness (QED) is 0.130. The van der Waals surface area contributed by atoms with E-state index in [1.807, 2.05) is 125 Å². The topological polar surface area (TPSA) is 84.6 Å². The van der Waals surface area contributed by atoms with Crippen molar-refractivity contribution in [2.45, 2.75) is 38.9 Å². The minimum absolute atomic E-state index is 0.454. The lowest BCUT2D eigenvalue weighted by Gasteiger charge is -2.32. The first-order chi connectivity index (χ1) is 33.8. The molecular weight excluding hydrogens is 1060 g/mol. The number of fused-ring (bicyclic) bond motifs is 6. The number of aromatic nitrogens is 2. The van der Waals surface area contributed by atoms with E-state index in [0.717, 1.165) is 85.0 Å². The first kappa shape index (κ1) is 47.8. The summed E-state index contributed by atoms with van der Waals surface area (Å²) < 4.78 is 19.8. The molecule has 10 aromatic rings. The van der Waals surface area contributed by atoms with E-state index in [0.29, 0.717) is 22.5 Å². The van der Waals surface area contributed by atoms with Gasteiger partial charge in [0, 0.05) is 35.0 Å². The Hall–Kier alpha value is -7.26. The van der Waals surface area contributed by atoms with Crippen LogP contribution in [0.3, 0.4) is 0 Å². The molecule has 0 bridgehead atoms. The van der Waals surface area contributed by atoms with Crippen molar-refractivity contribution in [2.24, 2.45) is 0 Å². The Labute approximate surface area is 432 Å². The highest BCUT2D eigenvalue weighted by Crippen LogP contribution is 2.43. The van der Waals surface area contributed by atoms with Crippen LogP contribution in [0.1, 0.15) is 38.8 Å². The van der Waals surface area contributed by atoms with Gasteiger partial charge in [-0.2, -0.15) is 10.5 Å². The smallest absolute Gasteiger partial charge is 0.399 e. The van der Waals surface area contributed by atoms with Gasteiger partial charge in [0.05, 0.1) is 81.1 Å². The predicted octanol–water partition coefficient (Wildman–Crippen LogP) is 16.4. The standard InChI is InChI=1S/C26H14BrN3.C25H23BN2O2.C7H3Br2N/c1-29-23-10-6-9-20(18-13-17(16-28)14-19(27)15-18)26(23)30-24-11-4-2-7-21(24)22-8-3-5-12-25(22)30;1-24(2)25(3,4)30-26(29-24)19-13-10-14-20(27-5)23(19)28-21-15-8-6-11-17(21)18-12-7-9-16-22(18)28;8-6-1-5(4-10)2-7(9)3-6/h2-15H;6-16H,1-4H3;1-3H. The van der Waals surface area contributed by atoms with Crippen molar-refractivity contribution in [3.05, 3.63) is 217 Å². The summed E-state index contributed by atoms with van der Waals surface area (Å²) in [5.41, 5.74) is 10.00. The number of nitrogens with zero attached hydrogens (tertiary/aromatic N) is 6. The van der Waals surface area contributed by atoms with Crippen molar-refractivity contribution in [2.75, 3.05) is 0 Å². The molecule has 1 aliphatic rings. The predicted molar refractivity (Wildman–Crippen MR) is 294 cm³/mol. The molecule has 8 nitrogen and oxygen atoms in total. The number of rotatable bonds is 4. The molecule has 3 heterocycles. The third-order valence-electron chi connectivity index (χ3n) is 12.7. The van der Waals surface area contributed by atoms with Gasteiger partial charge in [0.1, 0.15) is 0 Å². The largest absolute Gasteiger partial charge is 0.495 e. The second-order valence-corrected chi connectivity index (χ2v) is 20.3. The van der Waals surface area contributed by atoms with Crippen LogP contribution in [0.2, 0.25) is 0 Å². The van der Waals surface area contributed by atoms with E-state index in [4.69, 9.17) is 27.7 Å². The lowest BCUT2D eigenvalue weighted by molar-refractivity contribution is 0.00578. The number of halogens is 3. The van der Waals surface area contributed by atoms with Crippen LogP contribution >= 0.6 is 47.8 Å². The van der Waals surface area contributed by atoms with Crippen molar-refractivity contribution in [1.82, 2.24) is 9.13 Å². The molecule has 1 aliphatic heterocycles. The first-order valence-electron chi connectivity index (χ1n) is 22.2. The molecule has 11 rings (SSSR count). The Kier molecular flexibility index (Phi) is 13.4. The second kappa shape index (κ2) is 19.6. The zero-order valence-corrected chi connectivity index (χ0v) is 43.1. The normalized spacial score (nSPS) is 13.4. The van der Waals surface area contributed by atoms with E-state index >= 15 is 0 Å². The molecule has 2 aromatic heterocycles. The maximum atomic E-state index is 9.45. The van der Waals surface area contributed by atoms with Gasteiger partial charge in [0.2, 0.25) is 11.4 Å². The van der Waals surface area contributed by atoms with E-state index < -0.39 is 18.3 Å². The monoisotopic (exact) mass is 1100 g/mol. The molecule has 70 heavy (non-hydrogen) atoms. The van der Waals surface area contributed by atoms with Crippen LogP contribution in [0.4, 0.5) is 11.4 Å². The molecule has 0 aliphatic carbocycles. The molecule has 0 unspecified atom stereocenters. The minimum Gasteiger partial charge on any atom is -0.399 e. The van der Waals surface area contributed by atoms with Gasteiger partial charge in [-0.25, -0.2) is 9.69 Å². The summed E-state index contributed by atoms with van der Waals surface area (Å²) in [6.45, 7) is 23.9. The molecule has 0 saturated carbocycles. The minimum atomic E-state index is -0.549. The van der Waals surface area contributed by atoms with Gasteiger partial charge in [0.25, 0.3) is 0 Å². The number of para-hydroxylation sites is 6. The van der Waals surface area contributed by atoms with Crippen LogP contribution in [0, 0.1) is 35.8 Å². The Balaban J connectivity index is 0.000000146. The van der Waals surface area contributed by atoms with E-state index in [2.05, 4.69) is 133 Å². The summed E-state index contributed by atoms with van der Waals surface area (Å²) in [7, 11) is -0.549. The number of hydrogen-bond donors (Lipinski definition) is 0. The molecule has 0 radical (unpaired) electrons. The summed E-state index contributed by atoms with van der Waals surface area (Å²) in [6.07, 6.45) is 0. The third kappa shape index (κ3) is 8.94. The Bertz CT molecular complexity index is 3720. The van der Waals surface area contributed by atoms with E-state index in [-0.39, 0.29) is 0 Å². The van der Waals surface area contributed by atoms with Gasteiger partial charge in [-0.1, -0.05) is 157 Å². The zero-order chi connectivity index (χ0) is 49.3. The molecule has 1 fully saturated rings. The Morgan fingerprint density at radius 1 is 0.486 bits per heavy atom. The van der Waals surface area contributed by atoms with Crippen molar-refractivity contribution in [3.63, 3.8) is 0 Å². The van der Waals surface area contributed by atoms with Gasteiger partial charge in [0.15, 0.2) is 0 Å². The summed E-state index contributed by atoms with van der Waals surface area (Å²) in [5.74, 6) is 0. The molecule has 0 atom stereocenters. The average molecular weight is 1100 g/mol. The fourth-order valence-corrected chi connectivity index (χ4v) is 10.7. The van der Waals surface area contributed by atoms with Crippen molar-refractivity contribution in [1.29, 1.82) is 10.5 Å². The lowest BCUT2D eigenvalue weighted by atomic mass is 9.77. The molecule has 0 amide bonds. The first-order valence-corrected chi connectivity index (χ1v) is 24.6. The zero-order valence-electron chi connectivity index (χ0n) is 38.4. The highest BCUT2D eigenvalue weighted by molar-refractivity contribution is 9.11. The maximum absolute atomic E-state index is 9.45. The van der Waals surface area contributed by atoms with Gasteiger partial charge in [-0.3, -0.25) is 0 Å². The second-order valence-electron chi connectivity index (χ2n) is 17.5. The average Bonchev–Trinajstić information content (AvgIpc) is 3.96. The Morgan fingerprint density at radius 2 is 0.871 bits per heavy atom. The molecule has 338 valence electrons. The van der Waals surface area contributed by atoms with Gasteiger partial charge < -0.3 is 18.4 Å². The Morgan fingerprint density at radius 3 is 1.31 bits per heavy atom. The highest BCUT2D eigenvalue weighted by atomic mass is 79.9. The fourth-order valence-electron chi connectivity index (χ4n) is 8.89. The van der Waals surface area contributed by atoms with E-state index in [1.54, 1.807) is 18.2 Å². The highest BCUT2D eigenvalue weighted by Gasteiger charge is 2.52. The van der Waals surface area contributed by atoms with Gasteiger partial charge in [-0.05, 0) is 105 Å². The summed E-state index contributed by atoms with van der Waals surface area (Å²) in [4.78, 5) is 7.71. The number of nitriles is 2. The molecule has 0 spiro atoms. The molecule has 8 aromatic carbocycles. The van der Waals surface area contributed by atoms with Crippen molar-refractivity contribution < 1.29 is 9.31 Å².